The van der Waals surface area contributed by atoms with Gasteiger partial charge in [-0.25, -0.2) is 0 Å². The first-order valence-electron chi connectivity index (χ1n) is 9.71. The SMILES string of the molecule is O=C1C2=C(OC3CCC(Br)CC13)C(=O)N(Cc1ccco1)C2c1cccc(Cl)c1. The molecule has 0 radical (unpaired) electrons. The lowest BCUT2D eigenvalue weighted by Crippen LogP contribution is -2.41. The predicted octanol–water partition coefficient (Wildman–Crippen LogP) is 4.80. The van der Waals surface area contributed by atoms with Crippen molar-refractivity contribution in [2.45, 2.75) is 42.8 Å². The monoisotopic (exact) mass is 475 g/mol. The number of halogens is 2. The molecule has 1 aliphatic carbocycles. The highest BCUT2D eigenvalue weighted by molar-refractivity contribution is 9.09. The number of hydrogen-bond donors (Lipinski definition) is 0. The number of benzene rings is 1. The van der Waals surface area contributed by atoms with Gasteiger partial charge in [-0.1, -0.05) is 39.7 Å². The summed E-state index contributed by atoms with van der Waals surface area (Å²) >= 11 is 9.88. The molecule has 2 aromatic rings. The van der Waals surface area contributed by atoms with Gasteiger partial charge in [-0.15, -0.1) is 0 Å². The Balaban J connectivity index is 1.59. The molecular weight excluding hydrogens is 458 g/mol. The quantitative estimate of drug-likeness (QED) is 0.597. The zero-order valence-corrected chi connectivity index (χ0v) is 17.9. The van der Waals surface area contributed by atoms with Crippen molar-refractivity contribution >= 4 is 39.2 Å². The summed E-state index contributed by atoms with van der Waals surface area (Å²) in [6.07, 6.45) is 3.75. The number of ketones is 1. The molecule has 0 N–H and O–H groups in total. The molecule has 4 atom stereocenters. The lowest BCUT2D eigenvalue weighted by atomic mass is 9.77. The van der Waals surface area contributed by atoms with Crippen molar-refractivity contribution in [2.24, 2.45) is 5.92 Å². The van der Waals surface area contributed by atoms with Crippen LogP contribution in [-0.4, -0.2) is 27.5 Å². The van der Waals surface area contributed by atoms with Crippen LogP contribution in [0, 0.1) is 5.92 Å². The van der Waals surface area contributed by atoms with Crippen LogP contribution < -0.4 is 0 Å². The van der Waals surface area contributed by atoms with Gasteiger partial charge in [-0.05, 0) is 49.1 Å². The number of Topliss-reactive ketones (excluding diaryl/α,β-unsaturated/α-hetero) is 1. The first-order valence-corrected chi connectivity index (χ1v) is 11.0. The fourth-order valence-corrected chi connectivity index (χ4v) is 5.49. The molecule has 5 nitrogen and oxygen atoms in total. The molecule has 3 heterocycles. The van der Waals surface area contributed by atoms with Crippen LogP contribution in [0.25, 0.3) is 0 Å². The standard InChI is InChI=1S/C22H19BrClNO4/c23-13-6-7-17-16(10-13)20(26)18-19(12-3-1-4-14(24)9-12)25(22(27)21(18)29-17)11-15-5-2-8-28-15/h1-5,8-9,13,16-17,19H,6-7,10-11H2. The third-order valence-corrected chi connectivity index (χ3v) is 7.02. The van der Waals surface area contributed by atoms with E-state index in [4.69, 9.17) is 20.8 Å². The number of rotatable bonds is 3. The van der Waals surface area contributed by atoms with Gasteiger partial charge in [-0.3, -0.25) is 9.59 Å². The average molecular weight is 477 g/mol. The minimum atomic E-state index is -0.537. The zero-order valence-electron chi connectivity index (χ0n) is 15.5. The van der Waals surface area contributed by atoms with E-state index in [1.807, 2.05) is 18.2 Å². The summed E-state index contributed by atoms with van der Waals surface area (Å²) in [6.45, 7) is 0.253. The number of furan rings is 1. The van der Waals surface area contributed by atoms with Crippen LogP contribution in [0.3, 0.4) is 0 Å². The molecule has 1 amide bonds. The van der Waals surface area contributed by atoms with Crippen LogP contribution in [0.4, 0.5) is 0 Å². The highest BCUT2D eigenvalue weighted by Crippen LogP contribution is 2.48. The molecule has 7 heteroatoms. The van der Waals surface area contributed by atoms with Gasteiger partial charge in [-0.2, -0.15) is 0 Å². The Hall–Kier alpha value is -2.05. The predicted molar refractivity (Wildman–Crippen MR) is 110 cm³/mol. The van der Waals surface area contributed by atoms with E-state index < -0.39 is 6.04 Å². The highest BCUT2D eigenvalue weighted by Gasteiger charge is 2.52. The largest absolute Gasteiger partial charge is 0.483 e. The van der Waals surface area contributed by atoms with E-state index in [1.54, 1.807) is 29.4 Å². The minimum absolute atomic E-state index is 0.0145. The van der Waals surface area contributed by atoms with Gasteiger partial charge < -0.3 is 14.1 Å². The molecule has 0 spiro atoms. The van der Waals surface area contributed by atoms with E-state index in [1.165, 1.54) is 0 Å². The van der Waals surface area contributed by atoms with E-state index in [0.717, 1.165) is 24.8 Å². The summed E-state index contributed by atoms with van der Waals surface area (Å²) in [6, 6.07) is 10.4. The number of nitrogens with zero attached hydrogens (tertiary/aromatic N) is 1. The van der Waals surface area contributed by atoms with Crippen molar-refractivity contribution in [3.63, 3.8) is 0 Å². The van der Waals surface area contributed by atoms with E-state index in [-0.39, 0.29) is 36.0 Å². The summed E-state index contributed by atoms with van der Waals surface area (Å²) in [7, 11) is 0. The molecule has 150 valence electrons. The van der Waals surface area contributed by atoms with Crippen molar-refractivity contribution in [1.82, 2.24) is 4.90 Å². The normalized spacial score (nSPS) is 29.0. The summed E-state index contributed by atoms with van der Waals surface area (Å²) in [4.78, 5) is 28.8. The average Bonchev–Trinajstić information content (AvgIpc) is 3.31. The molecule has 1 aromatic carbocycles. The topological polar surface area (TPSA) is 59.8 Å². The van der Waals surface area contributed by atoms with Crippen molar-refractivity contribution < 1.29 is 18.7 Å². The van der Waals surface area contributed by atoms with Gasteiger partial charge in [0.2, 0.25) is 0 Å². The fraction of sp³-hybridized carbons (Fsp3) is 0.364. The summed E-state index contributed by atoms with van der Waals surface area (Å²) in [5.41, 5.74) is 1.25. The van der Waals surface area contributed by atoms with Crippen LogP contribution in [-0.2, 0) is 20.9 Å². The van der Waals surface area contributed by atoms with E-state index in [0.29, 0.717) is 21.2 Å². The molecule has 1 fully saturated rings. The summed E-state index contributed by atoms with van der Waals surface area (Å²) in [5.74, 6) is 0.358. The lowest BCUT2D eigenvalue weighted by molar-refractivity contribution is -0.135. The smallest absolute Gasteiger partial charge is 0.290 e. The first-order chi connectivity index (χ1) is 14.0. The van der Waals surface area contributed by atoms with Gasteiger partial charge in [0.1, 0.15) is 11.9 Å². The molecular formula is C22H19BrClNO4. The maximum Gasteiger partial charge on any atom is 0.290 e. The van der Waals surface area contributed by atoms with Crippen molar-refractivity contribution in [3.05, 3.63) is 70.3 Å². The highest BCUT2D eigenvalue weighted by atomic mass is 79.9. The van der Waals surface area contributed by atoms with Crippen LogP contribution in [0.15, 0.2) is 58.4 Å². The Morgan fingerprint density at radius 3 is 2.79 bits per heavy atom. The Morgan fingerprint density at radius 1 is 1.17 bits per heavy atom. The maximum atomic E-state index is 13.6. The van der Waals surface area contributed by atoms with Crippen LogP contribution in [0.1, 0.15) is 36.6 Å². The lowest BCUT2D eigenvalue weighted by Gasteiger charge is -2.37. The molecule has 1 saturated carbocycles. The minimum Gasteiger partial charge on any atom is -0.483 e. The number of ether oxygens (including phenoxy) is 1. The Bertz CT molecular complexity index is 1000. The molecule has 2 aliphatic heterocycles. The fourth-order valence-electron chi connectivity index (χ4n) is 4.62. The van der Waals surface area contributed by atoms with Gasteiger partial charge >= 0.3 is 0 Å². The van der Waals surface area contributed by atoms with Crippen LogP contribution in [0.5, 0.6) is 0 Å². The molecule has 4 unspecified atom stereocenters. The molecule has 0 bridgehead atoms. The van der Waals surface area contributed by atoms with Gasteiger partial charge in [0, 0.05) is 9.85 Å². The van der Waals surface area contributed by atoms with Gasteiger partial charge in [0.15, 0.2) is 11.5 Å². The van der Waals surface area contributed by atoms with Crippen molar-refractivity contribution in [1.29, 1.82) is 0 Å². The van der Waals surface area contributed by atoms with Crippen LogP contribution >= 0.6 is 27.5 Å². The van der Waals surface area contributed by atoms with Crippen LogP contribution in [0.2, 0.25) is 5.02 Å². The number of amides is 1. The van der Waals surface area contributed by atoms with E-state index >= 15 is 0 Å². The Kier molecular flexibility index (Phi) is 4.79. The number of carbonyl (C=O) groups is 2. The van der Waals surface area contributed by atoms with E-state index in [2.05, 4.69) is 15.9 Å². The molecule has 3 aliphatic rings. The molecule has 1 aromatic heterocycles. The number of hydrogen-bond acceptors (Lipinski definition) is 4. The Labute approximate surface area is 181 Å². The van der Waals surface area contributed by atoms with E-state index in [9.17, 15) is 9.59 Å². The number of fused-ring (bicyclic) bond motifs is 1. The second kappa shape index (κ2) is 7.33. The third kappa shape index (κ3) is 3.22. The molecule has 29 heavy (non-hydrogen) atoms. The third-order valence-electron chi connectivity index (χ3n) is 5.95. The maximum absolute atomic E-state index is 13.6. The zero-order chi connectivity index (χ0) is 20.1. The first kappa shape index (κ1) is 18.9. The molecule has 0 saturated heterocycles. The van der Waals surface area contributed by atoms with Gasteiger partial charge in [0.05, 0.1) is 30.3 Å². The molecule has 5 rings (SSSR count). The Morgan fingerprint density at radius 2 is 2.03 bits per heavy atom. The van der Waals surface area contributed by atoms with Crippen molar-refractivity contribution in [3.8, 4) is 0 Å². The van der Waals surface area contributed by atoms with Gasteiger partial charge in [0.25, 0.3) is 5.91 Å². The number of alkyl halides is 1. The second-order valence-electron chi connectivity index (χ2n) is 7.75. The summed E-state index contributed by atoms with van der Waals surface area (Å²) < 4.78 is 11.6. The second-order valence-corrected chi connectivity index (χ2v) is 9.48. The van der Waals surface area contributed by atoms with Crippen molar-refractivity contribution in [2.75, 3.05) is 0 Å². The number of carbonyl (C=O) groups excluding carboxylic acids is 2. The summed E-state index contributed by atoms with van der Waals surface area (Å²) in [5, 5.41) is 0.558.